The molecule has 1 aliphatic carbocycles. The third-order valence-electron chi connectivity index (χ3n) is 6.35. The molecule has 4 N–H and O–H groups in total. The molecule has 2 aliphatic heterocycles. The van der Waals surface area contributed by atoms with Crippen molar-refractivity contribution in [3.05, 3.63) is 28.8 Å². The zero-order valence-electron chi connectivity index (χ0n) is 19.1. The number of carbonyl (C=O) groups is 2. The molecule has 190 valence electrons. The van der Waals surface area contributed by atoms with E-state index in [2.05, 4.69) is 20.6 Å². The molecule has 35 heavy (non-hydrogen) atoms. The summed E-state index contributed by atoms with van der Waals surface area (Å²) >= 11 is 5.87. The second-order valence-electron chi connectivity index (χ2n) is 9.02. The summed E-state index contributed by atoms with van der Waals surface area (Å²) in [6, 6.07) is 1.32. The van der Waals surface area contributed by atoms with E-state index in [0.717, 1.165) is 29.9 Å². The van der Waals surface area contributed by atoms with Crippen molar-refractivity contribution in [2.24, 2.45) is 15.7 Å². The molecule has 3 amide bonds. The molecular weight excluding hydrogens is 487 g/mol. The molecule has 1 aromatic rings. The van der Waals surface area contributed by atoms with Gasteiger partial charge in [-0.1, -0.05) is 11.6 Å². The van der Waals surface area contributed by atoms with Gasteiger partial charge in [-0.05, 0) is 43.9 Å². The van der Waals surface area contributed by atoms with E-state index in [1.54, 1.807) is 0 Å². The van der Waals surface area contributed by atoms with Crippen LogP contribution in [0.25, 0.3) is 0 Å². The van der Waals surface area contributed by atoms with Crippen molar-refractivity contribution in [2.45, 2.75) is 55.8 Å². The van der Waals surface area contributed by atoms with Gasteiger partial charge in [0, 0.05) is 55.4 Å². The summed E-state index contributed by atoms with van der Waals surface area (Å²) in [5.41, 5.74) is 4.74. The molecule has 2 fully saturated rings. The fourth-order valence-corrected chi connectivity index (χ4v) is 4.66. The SMILES string of the molecule is CN(C(=O)NC1CCCN(C2(NC3CC3)N=CC=NC2C(N)=O)C1)c1cc(Cl)cc(C(F)(F)F)c1. The highest BCUT2D eigenvalue weighted by Gasteiger charge is 2.51. The number of nitrogens with two attached hydrogens (primary N) is 1. The number of aliphatic imine (C=N–C) groups is 2. The second-order valence-corrected chi connectivity index (χ2v) is 9.45. The molecule has 2 heterocycles. The van der Waals surface area contributed by atoms with Gasteiger partial charge in [-0.3, -0.25) is 29.9 Å². The first-order valence-electron chi connectivity index (χ1n) is 11.3. The lowest BCUT2D eigenvalue weighted by Crippen LogP contribution is -2.71. The highest BCUT2D eigenvalue weighted by Crippen LogP contribution is 2.35. The molecule has 1 aromatic carbocycles. The summed E-state index contributed by atoms with van der Waals surface area (Å²) in [4.78, 5) is 37.1. The quantitative estimate of drug-likeness (QED) is 0.541. The minimum atomic E-state index is -4.59. The predicted octanol–water partition coefficient (Wildman–Crippen LogP) is 2.38. The molecule has 3 unspecified atom stereocenters. The van der Waals surface area contributed by atoms with Gasteiger partial charge < -0.3 is 11.1 Å². The van der Waals surface area contributed by atoms with Crippen LogP contribution in [0.3, 0.4) is 0 Å². The molecule has 4 rings (SSSR count). The summed E-state index contributed by atoms with van der Waals surface area (Å²) in [5.74, 6) is -1.76. The second kappa shape index (κ2) is 9.75. The lowest BCUT2D eigenvalue weighted by Gasteiger charge is -2.48. The van der Waals surface area contributed by atoms with Crippen LogP contribution >= 0.6 is 11.6 Å². The van der Waals surface area contributed by atoms with Crippen LogP contribution in [0.4, 0.5) is 23.7 Å². The van der Waals surface area contributed by atoms with E-state index in [0.29, 0.717) is 25.9 Å². The normalized spacial score (nSPS) is 27.0. The van der Waals surface area contributed by atoms with Crippen LogP contribution in [-0.4, -0.2) is 73.3 Å². The summed E-state index contributed by atoms with van der Waals surface area (Å²) in [7, 11) is 1.38. The standard InChI is InChI=1S/C22H27ClF3N7O2/c1-32(17-10-13(21(24,25)26)9-14(23)11-17)20(35)30-16-3-2-8-33(12-16)22(31-15-4-5-15)18(19(27)34)28-6-7-29-22/h6-7,9-11,15-16,18,31H,2-5,8,12H2,1H3,(H2,27,34)(H,30,35). The van der Waals surface area contributed by atoms with Crippen LogP contribution in [0.1, 0.15) is 31.2 Å². The number of carbonyl (C=O) groups excluding carboxylic acids is 2. The number of urea groups is 1. The van der Waals surface area contributed by atoms with Crippen molar-refractivity contribution in [1.82, 2.24) is 15.5 Å². The van der Waals surface area contributed by atoms with E-state index < -0.39 is 35.5 Å². The topological polar surface area (TPSA) is 115 Å². The molecule has 1 saturated carbocycles. The number of anilines is 1. The van der Waals surface area contributed by atoms with Crippen molar-refractivity contribution >= 4 is 41.7 Å². The Hall–Kier alpha value is -2.70. The van der Waals surface area contributed by atoms with Crippen molar-refractivity contribution in [3.8, 4) is 0 Å². The third-order valence-corrected chi connectivity index (χ3v) is 6.57. The number of likely N-dealkylation sites (tertiary alicyclic amines) is 1. The predicted molar refractivity (Wildman–Crippen MR) is 127 cm³/mol. The van der Waals surface area contributed by atoms with Gasteiger partial charge in [0.15, 0.2) is 11.8 Å². The Balaban J connectivity index is 1.49. The van der Waals surface area contributed by atoms with E-state index in [9.17, 15) is 22.8 Å². The van der Waals surface area contributed by atoms with Crippen LogP contribution < -0.4 is 21.3 Å². The van der Waals surface area contributed by atoms with Gasteiger partial charge in [-0.2, -0.15) is 13.2 Å². The molecule has 9 nitrogen and oxygen atoms in total. The average Bonchev–Trinajstić information content (AvgIpc) is 3.61. The Morgan fingerprint density at radius 3 is 2.60 bits per heavy atom. The average molecular weight is 514 g/mol. The molecule has 0 aromatic heterocycles. The molecule has 3 aliphatic rings. The van der Waals surface area contributed by atoms with Gasteiger partial charge in [-0.25, -0.2) is 4.79 Å². The fraction of sp³-hybridized carbons (Fsp3) is 0.545. The third kappa shape index (κ3) is 5.60. The first-order valence-corrected chi connectivity index (χ1v) is 11.7. The number of piperidine rings is 1. The van der Waals surface area contributed by atoms with Crippen molar-refractivity contribution in [3.63, 3.8) is 0 Å². The first-order chi connectivity index (χ1) is 16.5. The summed E-state index contributed by atoms with van der Waals surface area (Å²) in [5, 5.41) is 6.18. The van der Waals surface area contributed by atoms with Crippen molar-refractivity contribution in [1.29, 1.82) is 0 Å². The highest BCUT2D eigenvalue weighted by atomic mass is 35.5. The van der Waals surface area contributed by atoms with Crippen LogP contribution in [0.2, 0.25) is 5.02 Å². The fourth-order valence-electron chi connectivity index (χ4n) is 4.43. The molecule has 3 atom stereocenters. The molecule has 1 saturated heterocycles. The number of nitrogens with one attached hydrogen (secondary N) is 2. The molecule has 0 bridgehead atoms. The van der Waals surface area contributed by atoms with E-state index in [1.807, 2.05) is 4.90 Å². The monoisotopic (exact) mass is 513 g/mol. The number of halogens is 4. The number of nitrogens with zero attached hydrogens (tertiary/aromatic N) is 4. The number of hydrogen-bond acceptors (Lipinski definition) is 6. The largest absolute Gasteiger partial charge is 0.416 e. The maximum Gasteiger partial charge on any atom is 0.416 e. The Labute approximate surface area is 205 Å². The lowest BCUT2D eigenvalue weighted by molar-refractivity contribution is -0.137. The minimum Gasteiger partial charge on any atom is -0.368 e. The van der Waals surface area contributed by atoms with Crippen LogP contribution in [-0.2, 0) is 11.0 Å². The Kier molecular flexibility index (Phi) is 7.07. The van der Waals surface area contributed by atoms with Gasteiger partial charge in [0.1, 0.15) is 0 Å². The van der Waals surface area contributed by atoms with Crippen molar-refractivity contribution < 1.29 is 22.8 Å². The summed E-state index contributed by atoms with van der Waals surface area (Å²) < 4.78 is 39.5. The van der Waals surface area contributed by atoms with E-state index in [-0.39, 0.29) is 22.8 Å². The molecule has 0 radical (unpaired) electrons. The maximum absolute atomic E-state index is 13.2. The van der Waals surface area contributed by atoms with Crippen LogP contribution in [0, 0.1) is 0 Å². The Morgan fingerprint density at radius 1 is 1.20 bits per heavy atom. The van der Waals surface area contributed by atoms with Gasteiger partial charge in [0.25, 0.3) is 0 Å². The van der Waals surface area contributed by atoms with Crippen LogP contribution in [0.15, 0.2) is 28.2 Å². The number of benzene rings is 1. The van der Waals surface area contributed by atoms with Crippen molar-refractivity contribution in [2.75, 3.05) is 25.0 Å². The zero-order chi connectivity index (χ0) is 25.4. The Bertz CT molecular complexity index is 1050. The molecule has 13 heteroatoms. The van der Waals surface area contributed by atoms with Crippen LogP contribution in [0.5, 0.6) is 0 Å². The van der Waals surface area contributed by atoms with Gasteiger partial charge in [0.2, 0.25) is 5.91 Å². The van der Waals surface area contributed by atoms with Gasteiger partial charge in [-0.15, -0.1) is 0 Å². The van der Waals surface area contributed by atoms with E-state index >= 15 is 0 Å². The number of primary amides is 1. The summed E-state index contributed by atoms with van der Waals surface area (Å²) in [6.45, 7) is 0.946. The lowest BCUT2D eigenvalue weighted by atomic mass is 9.99. The number of amides is 3. The van der Waals surface area contributed by atoms with E-state index in [1.165, 1.54) is 25.5 Å². The maximum atomic E-state index is 13.2. The first kappa shape index (κ1) is 25.4. The van der Waals surface area contributed by atoms with Gasteiger partial charge in [0.05, 0.1) is 5.56 Å². The summed E-state index contributed by atoms with van der Waals surface area (Å²) in [6.07, 6.45) is 1.62. The zero-order valence-corrected chi connectivity index (χ0v) is 19.8. The smallest absolute Gasteiger partial charge is 0.368 e. The molecule has 0 spiro atoms. The Morgan fingerprint density at radius 2 is 1.94 bits per heavy atom. The molecular formula is C22H27ClF3N7O2. The van der Waals surface area contributed by atoms with E-state index in [4.69, 9.17) is 17.3 Å². The van der Waals surface area contributed by atoms with Gasteiger partial charge >= 0.3 is 12.2 Å². The minimum absolute atomic E-state index is 0.0156. The number of rotatable bonds is 6. The number of hydrogen-bond donors (Lipinski definition) is 3. The number of alkyl halides is 3. The highest BCUT2D eigenvalue weighted by molar-refractivity contribution is 6.31.